The van der Waals surface area contributed by atoms with Gasteiger partial charge in [-0.05, 0) is 40.9 Å². The van der Waals surface area contributed by atoms with Crippen LogP contribution in [0.4, 0.5) is 10.3 Å². The third-order valence-corrected chi connectivity index (χ3v) is 4.90. The highest BCUT2D eigenvalue weighted by Crippen LogP contribution is 2.28. The highest BCUT2D eigenvalue weighted by molar-refractivity contribution is 7.08. The lowest BCUT2D eigenvalue weighted by Crippen LogP contribution is -2.38. The first-order chi connectivity index (χ1) is 11.7. The summed E-state index contributed by atoms with van der Waals surface area (Å²) in [6, 6.07) is 8.54. The molecule has 0 bridgehead atoms. The highest BCUT2D eigenvalue weighted by atomic mass is 32.1. The summed E-state index contributed by atoms with van der Waals surface area (Å²) in [6.45, 7) is 1.44. The van der Waals surface area contributed by atoms with Crippen molar-refractivity contribution in [3.05, 3.63) is 58.7 Å². The van der Waals surface area contributed by atoms with Gasteiger partial charge in [0.15, 0.2) is 0 Å². The molecule has 122 valence electrons. The number of nitrogens with zero attached hydrogens (tertiary/aromatic N) is 3. The lowest BCUT2D eigenvalue weighted by molar-refractivity contribution is -0.118. The van der Waals surface area contributed by atoms with E-state index in [-0.39, 0.29) is 11.7 Å². The number of aromatic nitrogens is 2. The molecule has 1 aliphatic heterocycles. The third kappa shape index (κ3) is 2.73. The number of carbonyl (C=O) groups excluding carboxylic acids is 1. The molecule has 0 N–H and O–H groups in total. The van der Waals surface area contributed by atoms with E-state index in [4.69, 9.17) is 0 Å². The van der Waals surface area contributed by atoms with Gasteiger partial charge in [-0.2, -0.15) is 11.3 Å². The number of halogens is 1. The Kier molecular flexibility index (Phi) is 3.90. The number of fused-ring (bicyclic) bond motifs is 1. The van der Waals surface area contributed by atoms with Gasteiger partial charge >= 0.3 is 0 Å². The SMILES string of the molecule is O=C(Cc1ccsc1)N1CCCn2cc(-c3ccccc3F)nc21. The molecule has 0 unspecified atom stereocenters. The Bertz CT molecular complexity index is 872. The van der Waals surface area contributed by atoms with Crippen LogP contribution in [0.15, 0.2) is 47.3 Å². The van der Waals surface area contributed by atoms with Crippen molar-refractivity contribution in [3.8, 4) is 11.3 Å². The molecule has 0 aliphatic carbocycles. The Morgan fingerprint density at radius 1 is 1.25 bits per heavy atom. The molecule has 0 saturated carbocycles. The van der Waals surface area contributed by atoms with Gasteiger partial charge in [-0.25, -0.2) is 9.37 Å². The van der Waals surface area contributed by atoms with E-state index < -0.39 is 0 Å². The average molecular weight is 341 g/mol. The van der Waals surface area contributed by atoms with Gasteiger partial charge in [0.05, 0.1) is 12.1 Å². The first-order valence-corrected chi connectivity index (χ1v) is 8.80. The monoisotopic (exact) mass is 341 g/mol. The number of anilines is 1. The zero-order chi connectivity index (χ0) is 16.5. The topological polar surface area (TPSA) is 38.1 Å². The molecule has 1 aromatic carbocycles. The van der Waals surface area contributed by atoms with Crippen molar-refractivity contribution >= 4 is 23.2 Å². The minimum atomic E-state index is -0.302. The number of hydrogen-bond acceptors (Lipinski definition) is 3. The van der Waals surface area contributed by atoms with Crippen LogP contribution >= 0.6 is 11.3 Å². The van der Waals surface area contributed by atoms with Gasteiger partial charge in [-0.3, -0.25) is 9.69 Å². The Labute approximate surface area is 143 Å². The normalized spacial score (nSPS) is 13.8. The van der Waals surface area contributed by atoms with Gasteiger partial charge in [0.2, 0.25) is 11.9 Å². The summed E-state index contributed by atoms with van der Waals surface area (Å²) in [7, 11) is 0. The minimum absolute atomic E-state index is 0.0278. The van der Waals surface area contributed by atoms with Gasteiger partial charge in [0.25, 0.3) is 0 Å². The lowest BCUT2D eigenvalue weighted by atomic mass is 10.1. The Morgan fingerprint density at radius 3 is 2.92 bits per heavy atom. The second kappa shape index (κ2) is 6.20. The maximum atomic E-state index is 14.0. The minimum Gasteiger partial charge on any atom is -0.316 e. The fraction of sp³-hybridized carbons (Fsp3) is 0.222. The van der Waals surface area contributed by atoms with E-state index in [1.165, 1.54) is 6.07 Å². The number of carbonyl (C=O) groups is 1. The Hall–Kier alpha value is -2.47. The molecule has 0 fully saturated rings. The molecule has 1 aliphatic rings. The average Bonchev–Trinajstić information content (AvgIpc) is 3.23. The van der Waals surface area contributed by atoms with E-state index in [2.05, 4.69) is 4.98 Å². The zero-order valence-corrected chi connectivity index (χ0v) is 13.8. The maximum Gasteiger partial charge on any atom is 0.233 e. The fourth-order valence-electron chi connectivity index (χ4n) is 2.98. The van der Waals surface area contributed by atoms with E-state index in [1.807, 2.05) is 27.6 Å². The zero-order valence-electron chi connectivity index (χ0n) is 13.0. The Morgan fingerprint density at radius 2 is 2.12 bits per heavy atom. The molecule has 3 heterocycles. The first-order valence-electron chi connectivity index (χ1n) is 7.86. The molecule has 0 spiro atoms. The van der Waals surface area contributed by atoms with Crippen molar-refractivity contribution in [1.29, 1.82) is 0 Å². The van der Waals surface area contributed by atoms with Gasteiger partial charge in [0, 0.05) is 24.8 Å². The molecule has 3 aromatic rings. The molecule has 0 radical (unpaired) electrons. The van der Waals surface area contributed by atoms with Crippen LogP contribution in [0.3, 0.4) is 0 Å². The van der Waals surface area contributed by atoms with E-state index in [0.717, 1.165) is 18.5 Å². The predicted octanol–water partition coefficient (Wildman–Crippen LogP) is 3.73. The van der Waals surface area contributed by atoms with Crippen LogP contribution in [0, 0.1) is 5.82 Å². The molecular weight excluding hydrogens is 325 g/mol. The van der Waals surface area contributed by atoms with E-state index >= 15 is 0 Å². The van der Waals surface area contributed by atoms with Crippen molar-refractivity contribution in [2.45, 2.75) is 19.4 Å². The second-order valence-electron chi connectivity index (χ2n) is 5.81. The summed E-state index contributed by atoms with van der Waals surface area (Å²) in [5, 5.41) is 3.95. The van der Waals surface area contributed by atoms with Crippen LogP contribution < -0.4 is 4.90 Å². The lowest BCUT2D eigenvalue weighted by Gasteiger charge is -2.27. The number of imidazole rings is 1. The van der Waals surface area contributed by atoms with Crippen LogP contribution in [0.25, 0.3) is 11.3 Å². The number of benzene rings is 1. The number of thiophene rings is 1. The van der Waals surface area contributed by atoms with Gasteiger partial charge in [0.1, 0.15) is 5.82 Å². The van der Waals surface area contributed by atoms with E-state index in [0.29, 0.717) is 30.2 Å². The Balaban J connectivity index is 1.65. The molecule has 1 amide bonds. The van der Waals surface area contributed by atoms with Crippen molar-refractivity contribution in [2.24, 2.45) is 0 Å². The van der Waals surface area contributed by atoms with Crippen LogP contribution in [0.5, 0.6) is 0 Å². The number of rotatable bonds is 3. The summed E-state index contributed by atoms with van der Waals surface area (Å²) in [4.78, 5) is 18.9. The fourth-order valence-corrected chi connectivity index (χ4v) is 3.65. The van der Waals surface area contributed by atoms with Crippen molar-refractivity contribution < 1.29 is 9.18 Å². The summed E-state index contributed by atoms with van der Waals surface area (Å²) in [5.41, 5.74) is 2.05. The molecule has 0 saturated heterocycles. The molecule has 0 atom stereocenters. The van der Waals surface area contributed by atoms with Crippen LogP contribution in [-0.2, 0) is 17.8 Å². The molecular formula is C18H16FN3OS. The van der Waals surface area contributed by atoms with Crippen molar-refractivity contribution in [2.75, 3.05) is 11.4 Å². The van der Waals surface area contributed by atoms with Crippen molar-refractivity contribution in [1.82, 2.24) is 9.55 Å². The van der Waals surface area contributed by atoms with E-state index in [9.17, 15) is 9.18 Å². The van der Waals surface area contributed by atoms with Gasteiger partial charge in [-0.1, -0.05) is 12.1 Å². The summed E-state index contributed by atoms with van der Waals surface area (Å²) < 4.78 is 16.0. The van der Waals surface area contributed by atoms with Crippen molar-refractivity contribution in [3.63, 3.8) is 0 Å². The highest BCUT2D eigenvalue weighted by Gasteiger charge is 2.26. The molecule has 6 heteroatoms. The maximum absolute atomic E-state index is 14.0. The quantitative estimate of drug-likeness (QED) is 0.728. The summed E-state index contributed by atoms with van der Waals surface area (Å²) >= 11 is 1.58. The predicted molar refractivity (Wildman–Crippen MR) is 92.6 cm³/mol. The number of hydrogen-bond donors (Lipinski definition) is 0. The van der Waals surface area contributed by atoms with Crippen LogP contribution in [0.1, 0.15) is 12.0 Å². The van der Waals surface area contributed by atoms with Gasteiger partial charge < -0.3 is 4.57 Å². The number of aryl methyl sites for hydroxylation is 1. The molecule has 24 heavy (non-hydrogen) atoms. The number of amides is 1. The van der Waals surface area contributed by atoms with E-state index in [1.54, 1.807) is 34.4 Å². The van der Waals surface area contributed by atoms with Crippen LogP contribution in [-0.4, -0.2) is 22.0 Å². The molecule has 4 rings (SSSR count). The smallest absolute Gasteiger partial charge is 0.233 e. The van der Waals surface area contributed by atoms with Gasteiger partial charge in [-0.15, -0.1) is 0 Å². The third-order valence-electron chi connectivity index (χ3n) is 4.16. The second-order valence-corrected chi connectivity index (χ2v) is 6.59. The first kappa shape index (κ1) is 15.1. The van der Waals surface area contributed by atoms with Crippen LogP contribution in [0.2, 0.25) is 0 Å². The largest absolute Gasteiger partial charge is 0.316 e. The molecule has 2 aromatic heterocycles. The summed E-state index contributed by atoms with van der Waals surface area (Å²) in [6.07, 6.45) is 3.07. The molecule has 4 nitrogen and oxygen atoms in total. The summed E-state index contributed by atoms with van der Waals surface area (Å²) in [5.74, 6) is 0.337. The standard InChI is InChI=1S/C18H16FN3OS/c19-15-5-2-1-4-14(15)16-11-21-7-3-8-22(18(21)20-16)17(23)10-13-6-9-24-12-13/h1-2,4-6,9,11-12H,3,7-8,10H2.